The molecule has 2 N–H and O–H groups in total. The number of para-hydroxylation sites is 1. The van der Waals surface area contributed by atoms with Crippen molar-refractivity contribution < 1.29 is 14.6 Å². The summed E-state index contributed by atoms with van der Waals surface area (Å²) in [4.78, 5) is 41.2. The molecule has 162 valence electrons. The highest BCUT2D eigenvalue weighted by atomic mass is 35.5. The van der Waals surface area contributed by atoms with E-state index in [0.29, 0.717) is 26.5 Å². The van der Waals surface area contributed by atoms with Crippen LogP contribution in [0.25, 0.3) is 10.9 Å². The van der Waals surface area contributed by atoms with Crippen LogP contribution in [0, 0.1) is 0 Å². The fourth-order valence-electron chi connectivity index (χ4n) is 3.84. The van der Waals surface area contributed by atoms with Crippen LogP contribution in [0.1, 0.15) is 11.5 Å². The number of hydrogen-bond donors (Lipinski definition) is 2. The Hall–Kier alpha value is -2.81. The summed E-state index contributed by atoms with van der Waals surface area (Å²) in [5.74, 6) is -0.467. The minimum Gasteiger partial charge on any atom is -0.465 e. The standard InChI is InChI=1S/C21H19Cl2N3O5/c22-15-6-5-12(9-16(15)23)14-10-25(21(29)30)7-8-31-18(14)11-26-19(27)13-3-1-2-4-17(13)24-20(26)28/h1-6,9,14,18H,7-8,10-11H2,(H,24,28)(H,29,30)/t14-,18-/m1/s1. The number of H-pyrrole nitrogens is 1. The van der Waals surface area contributed by atoms with Gasteiger partial charge in [-0.1, -0.05) is 41.4 Å². The summed E-state index contributed by atoms with van der Waals surface area (Å²) in [6, 6.07) is 11.8. The lowest BCUT2D eigenvalue weighted by molar-refractivity contribution is 0.0376. The second-order valence-corrected chi connectivity index (χ2v) is 8.12. The summed E-state index contributed by atoms with van der Waals surface area (Å²) in [5, 5.41) is 10.6. The maximum atomic E-state index is 13.0. The van der Waals surface area contributed by atoms with E-state index < -0.39 is 29.4 Å². The molecule has 1 aliphatic rings. The number of carbonyl (C=O) groups is 1. The van der Waals surface area contributed by atoms with E-state index in [1.54, 1.807) is 42.5 Å². The maximum absolute atomic E-state index is 13.0. The molecule has 0 spiro atoms. The Morgan fingerprint density at radius 3 is 2.68 bits per heavy atom. The molecule has 31 heavy (non-hydrogen) atoms. The smallest absolute Gasteiger partial charge is 0.407 e. The molecule has 0 unspecified atom stereocenters. The number of carboxylic acid groups (broad SMARTS) is 1. The molecular weight excluding hydrogens is 445 g/mol. The lowest BCUT2D eigenvalue weighted by Crippen LogP contribution is -2.42. The summed E-state index contributed by atoms with van der Waals surface area (Å²) < 4.78 is 7.04. The van der Waals surface area contributed by atoms with Crippen molar-refractivity contribution >= 4 is 40.2 Å². The number of aromatic nitrogens is 2. The van der Waals surface area contributed by atoms with Gasteiger partial charge in [-0.15, -0.1) is 0 Å². The van der Waals surface area contributed by atoms with Crippen molar-refractivity contribution in [3.05, 3.63) is 78.9 Å². The second-order valence-electron chi connectivity index (χ2n) is 7.31. The summed E-state index contributed by atoms with van der Waals surface area (Å²) in [7, 11) is 0. The van der Waals surface area contributed by atoms with Crippen molar-refractivity contribution in [2.24, 2.45) is 0 Å². The first kappa shape index (κ1) is 21.4. The zero-order valence-corrected chi connectivity index (χ0v) is 17.8. The largest absolute Gasteiger partial charge is 0.465 e. The number of amides is 1. The number of rotatable bonds is 3. The molecule has 0 radical (unpaired) electrons. The quantitative estimate of drug-likeness (QED) is 0.620. The molecule has 1 fully saturated rings. The van der Waals surface area contributed by atoms with Gasteiger partial charge in [0.05, 0.1) is 40.2 Å². The van der Waals surface area contributed by atoms with E-state index in [1.807, 2.05) is 0 Å². The first-order valence-corrected chi connectivity index (χ1v) is 10.4. The molecule has 1 amide bonds. The average molecular weight is 464 g/mol. The number of hydrogen-bond acceptors (Lipinski definition) is 4. The van der Waals surface area contributed by atoms with Crippen LogP contribution in [0.15, 0.2) is 52.1 Å². The molecule has 2 atom stereocenters. The number of aromatic amines is 1. The number of ether oxygens (including phenoxy) is 1. The van der Waals surface area contributed by atoms with Crippen molar-refractivity contribution in [3.63, 3.8) is 0 Å². The number of nitrogens with one attached hydrogen (secondary N) is 1. The Morgan fingerprint density at radius 1 is 1.16 bits per heavy atom. The van der Waals surface area contributed by atoms with Crippen molar-refractivity contribution in [3.8, 4) is 0 Å². The molecule has 3 aromatic rings. The normalized spacial score (nSPS) is 19.4. The zero-order chi connectivity index (χ0) is 22.1. The topological polar surface area (TPSA) is 105 Å². The SMILES string of the molecule is O=C(O)N1CCO[C@H](Cn2c(=O)[nH]c3ccccc3c2=O)[C@@H](c2ccc(Cl)c(Cl)c2)C1. The van der Waals surface area contributed by atoms with E-state index in [4.69, 9.17) is 27.9 Å². The summed E-state index contributed by atoms with van der Waals surface area (Å²) >= 11 is 12.2. The van der Waals surface area contributed by atoms with Crippen LogP contribution in [0.2, 0.25) is 10.0 Å². The Kier molecular flexibility index (Phi) is 6.04. The van der Waals surface area contributed by atoms with E-state index in [2.05, 4.69) is 4.98 Å². The molecular formula is C21H19Cl2N3O5. The van der Waals surface area contributed by atoms with Crippen LogP contribution >= 0.6 is 23.2 Å². The van der Waals surface area contributed by atoms with Gasteiger partial charge >= 0.3 is 11.8 Å². The molecule has 0 bridgehead atoms. The van der Waals surface area contributed by atoms with E-state index in [-0.39, 0.29) is 26.2 Å². The van der Waals surface area contributed by atoms with Gasteiger partial charge in [0, 0.05) is 19.0 Å². The summed E-state index contributed by atoms with van der Waals surface area (Å²) in [5.41, 5.74) is 0.168. The number of halogens is 2. The van der Waals surface area contributed by atoms with Gasteiger partial charge < -0.3 is 19.7 Å². The van der Waals surface area contributed by atoms with Gasteiger partial charge in [-0.05, 0) is 29.8 Å². The second kappa shape index (κ2) is 8.74. The summed E-state index contributed by atoms with van der Waals surface area (Å²) in [6.45, 7) is 0.386. The molecule has 1 saturated heterocycles. The average Bonchev–Trinajstić information content (AvgIpc) is 2.96. The van der Waals surface area contributed by atoms with Crippen LogP contribution < -0.4 is 11.2 Å². The van der Waals surface area contributed by atoms with Gasteiger partial charge in [0.15, 0.2) is 0 Å². The molecule has 4 rings (SSSR count). The lowest BCUT2D eigenvalue weighted by Gasteiger charge is -2.27. The number of benzene rings is 2. The molecule has 10 heteroatoms. The predicted octanol–water partition coefficient (Wildman–Crippen LogP) is 3.16. The Bertz CT molecular complexity index is 1260. The van der Waals surface area contributed by atoms with Crippen molar-refractivity contribution in [2.45, 2.75) is 18.6 Å². The molecule has 0 saturated carbocycles. The third kappa shape index (κ3) is 4.32. The van der Waals surface area contributed by atoms with Gasteiger partial charge in [0.1, 0.15) is 0 Å². The Morgan fingerprint density at radius 2 is 1.94 bits per heavy atom. The van der Waals surface area contributed by atoms with Crippen molar-refractivity contribution in [1.82, 2.24) is 14.5 Å². The van der Waals surface area contributed by atoms with Crippen LogP contribution in [0.3, 0.4) is 0 Å². The number of fused-ring (bicyclic) bond motifs is 1. The van der Waals surface area contributed by atoms with Crippen LogP contribution in [-0.2, 0) is 11.3 Å². The first-order valence-electron chi connectivity index (χ1n) is 9.61. The highest BCUT2D eigenvalue weighted by Gasteiger charge is 2.32. The highest BCUT2D eigenvalue weighted by molar-refractivity contribution is 6.42. The molecule has 1 aromatic heterocycles. The molecule has 2 aromatic carbocycles. The van der Waals surface area contributed by atoms with Gasteiger partial charge in [-0.2, -0.15) is 0 Å². The summed E-state index contributed by atoms with van der Waals surface area (Å²) in [6.07, 6.45) is -1.71. The van der Waals surface area contributed by atoms with E-state index >= 15 is 0 Å². The van der Waals surface area contributed by atoms with E-state index in [9.17, 15) is 19.5 Å². The minimum absolute atomic E-state index is 0.0443. The minimum atomic E-state index is -1.07. The van der Waals surface area contributed by atoms with Gasteiger partial charge in [-0.25, -0.2) is 9.59 Å². The number of nitrogens with zero attached hydrogens (tertiary/aromatic N) is 2. The van der Waals surface area contributed by atoms with E-state index in [1.165, 1.54) is 4.90 Å². The monoisotopic (exact) mass is 463 g/mol. The van der Waals surface area contributed by atoms with Gasteiger partial charge in [-0.3, -0.25) is 9.36 Å². The predicted molar refractivity (Wildman–Crippen MR) is 117 cm³/mol. The Labute approximate surface area is 186 Å². The first-order chi connectivity index (χ1) is 14.8. The molecule has 2 heterocycles. The fourth-order valence-corrected chi connectivity index (χ4v) is 4.14. The molecule has 1 aliphatic heterocycles. The maximum Gasteiger partial charge on any atom is 0.407 e. The highest BCUT2D eigenvalue weighted by Crippen LogP contribution is 2.31. The van der Waals surface area contributed by atoms with Crippen LogP contribution in [0.4, 0.5) is 4.79 Å². The van der Waals surface area contributed by atoms with Crippen molar-refractivity contribution in [2.75, 3.05) is 19.7 Å². The van der Waals surface area contributed by atoms with Crippen LogP contribution in [0.5, 0.6) is 0 Å². The third-order valence-electron chi connectivity index (χ3n) is 5.45. The van der Waals surface area contributed by atoms with Crippen LogP contribution in [-0.4, -0.2) is 51.5 Å². The van der Waals surface area contributed by atoms with Gasteiger partial charge in [0.25, 0.3) is 5.56 Å². The Balaban J connectivity index is 1.76. The lowest BCUT2D eigenvalue weighted by atomic mass is 9.92. The fraction of sp³-hybridized carbons (Fsp3) is 0.286. The molecule has 0 aliphatic carbocycles. The third-order valence-corrected chi connectivity index (χ3v) is 6.19. The van der Waals surface area contributed by atoms with Crippen molar-refractivity contribution in [1.29, 1.82) is 0 Å². The molecule has 8 nitrogen and oxygen atoms in total. The van der Waals surface area contributed by atoms with E-state index in [0.717, 1.165) is 4.57 Å². The van der Waals surface area contributed by atoms with Gasteiger partial charge in [0.2, 0.25) is 0 Å². The zero-order valence-electron chi connectivity index (χ0n) is 16.3.